The Bertz CT molecular complexity index is 1130. The number of fused-ring (bicyclic) bond motifs is 1. The van der Waals surface area contributed by atoms with Crippen molar-refractivity contribution in [3.05, 3.63) is 65.7 Å². The van der Waals surface area contributed by atoms with E-state index < -0.39 is 18.5 Å². The molecule has 0 heterocycles. The maximum absolute atomic E-state index is 12.7. The number of aromatic hydroxyl groups is 2. The van der Waals surface area contributed by atoms with Crippen LogP contribution in [0.5, 0.6) is 11.5 Å². The minimum atomic E-state index is -0.939. The first-order chi connectivity index (χ1) is 14.4. The molecular weight excluding hydrogens is 384 g/mol. The van der Waals surface area contributed by atoms with E-state index in [0.717, 1.165) is 11.6 Å². The smallest absolute Gasteiger partial charge is 0.342 e. The second-order valence-corrected chi connectivity index (χ2v) is 6.70. The zero-order valence-electron chi connectivity index (χ0n) is 16.3. The zero-order valence-corrected chi connectivity index (χ0v) is 16.3. The van der Waals surface area contributed by atoms with E-state index in [1.807, 2.05) is 25.1 Å². The van der Waals surface area contributed by atoms with E-state index >= 15 is 0 Å². The fourth-order valence-corrected chi connectivity index (χ4v) is 3.06. The molecule has 0 aromatic heterocycles. The second kappa shape index (κ2) is 8.97. The molecular formula is C23H20N2O5. The molecule has 3 aromatic carbocycles. The van der Waals surface area contributed by atoms with Crippen LogP contribution in [0.4, 0.5) is 5.69 Å². The van der Waals surface area contributed by atoms with Crippen LogP contribution in [-0.4, -0.2) is 35.2 Å². The van der Waals surface area contributed by atoms with Crippen molar-refractivity contribution in [1.29, 1.82) is 5.26 Å². The monoisotopic (exact) mass is 404 g/mol. The molecule has 30 heavy (non-hydrogen) atoms. The topological polar surface area (TPSA) is 111 Å². The third-order valence-corrected chi connectivity index (χ3v) is 4.63. The molecule has 0 aliphatic heterocycles. The fraction of sp³-hybridized carbons (Fsp3) is 0.174. The number of hydrogen-bond donors (Lipinski definition) is 2. The maximum Gasteiger partial charge on any atom is 0.342 e. The quantitative estimate of drug-likeness (QED) is 0.479. The standard InChI is InChI=1S/C23H20N2O5/c1-15-7-9-16(10-8-15)25(12-4-11-24)21(27)14-30-23(29)19-13-20(26)17-5-2-3-6-18(17)22(19)28/h2-3,5-10,13,26,28H,4,12,14H2,1H3. The second-order valence-electron chi connectivity index (χ2n) is 6.70. The first-order valence-corrected chi connectivity index (χ1v) is 9.27. The number of carbonyl (C=O) groups is 2. The van der Waals surface area contributed by atoms with E-state index in [1.54, 1.807) is 36.4 Å². The van der Waals surface area contributed by atoms with Gasteiger partial charge >= 0.3 is 5.97 Å². The molecule has 0 spiro atoms. The molecule has 1 amide bonds. The van der Waals surface area contributed by atoms with Crippen LogP contribution in [0.15, 0.2) is 54.6 Å². The van der Waals surface area contributed by atoms with Crippen LogP contribution in [0.25, 0.3) is 10.8 Å². The summed E-state index contributed by atoms with van der Waals surface area (Å²) in [7, 11) is 0. The van der Waals surface area contributed by atoms with Crippen LogP contribution in [0, 0.1) is 18.3 Å². The molecule has 152 valence electrons. The summed E-state index contributed by atoms with van der Waals surface area (Å²) in [5.41, 5.74) is 1.37. The van der Waals surface area contributed by atoms with E-state index in [1.165, 1.54) is 4.90 Å². The third kappa shape index (κ3) is 4.33. The van der Waals surface area contributed by atoms with Gasteiger partial charge in [0, 0.05) is 23.0 Å². The number of rotatable bonds is 6. The van der Waals surface area contributed by atoms with E-state index in [4.69, 9.17) is 10.00 Å². The van der Waals surface area contributed by atoms with Gasteiger partial charge < -0.3 is 19.8 Å². The van der Waals surface area contributed by atoms with Gasteiger partial charge in [0.1, 0.15) is 17.1 Å². The first-order valence-electron chi connectivity index (χ1n) is 9.27. The lowest BCUT2D eigenvalue weighted by Crippen LogP contribution is -2.35. The average Bonchev–Trinajstić information content (AvgIpc) is 2.76. The predicted molar refractivity (Wildman–Crippen MR) is 111 cm³/mol. The fourth-order valence-electron chi connectivity index (χ4n) is 3.06. The van der Waals surface area contributed by atoms with Gasteiger partial charge in [-0.15, -0.1) is 0 Å². The molecule has 7 heteroatoms. The van der Waals surface area contributed by atoms with Crippen LogP contribution in [0.2, 0.25) is 0 Å². The van der Waals surface area contributed by atoms with E-state index in [2.05, 4.69) is 0 Å². The Labute approximate surface area is 173 Å². The van der Waals surface area contributed by atoms with Crippen molar-refractivity contribution in [1.82, 2.24) is 0 Å². The Balaban J connectivity index is 1.77. The summed E-state index contributed by atoms with van der Waals surface area (Å²) in [5.74, 6) is -1.96. The molecule has 0 aliphatic rings. The number of amides is 1. The minimum absolute atomic E-state index is 0.118. The highest BCUT2D eigenvalue weighted by molar-refractivity contribution is 6.04. The SMILES string of the molecule is Cc1ccc(N(CCC#N)C(=O)COC(=O)c2cc(O)c3ccccc3c2O)cc1. The Morgan fingerprint density at radius 2 is 1.73 bits per heavy atom. The van der Waals surface area contributed by atoms with E-state index in [0.29, 0.717) is 16.5 Å². The van der Waals surface area contributed by atoms with Crippen LogP contribution in [0.1, 0.15) is 22.3 Å². The normalized spacial score (nSPS) is 10.4. The van der Waals surface area contributed by atoms with Crippen molar-refractivity contribution in [3.8, 4) is 17.6 Å². The van der Waals surface area contributed by atoms with Crippen molar-refractivity contribution in [2.75, 3.05) is 18.1 Å². The Morgan fingerprint density at radius 1 is 1.07 bits per heavy atom. The predicted octanol–water partition coefficient (Wildman–Crippen LogP) is 3.66. The number of benzene rings is 3. The number of esters is 1. The largest absolute Gasteiger partial charge is 0.507 e. The number of anilines is 1. The Morgan fingerprint density at radius 3 is 2.40 bits per heavy atom. The molecule has 0 unspecified atom stereocenters. The van der Waals surface area contributed by atoms with Gasteiger partial charge in [-0.3, -0.25) is 4.79 Å². The third-order valence-electron chi connectivity index (χ3n) is 4.63. The number of nitriles is 1. The minimum Gasteiger partial charge on any atom is -0.507 e. The highest BCUT2D eigenvalue weighted by Crippen LogP contribution is 2.35. The summed E-state index contributed by atoms with van der Waals surface area (Å²) in [6.07, 6.45) is 0.118. The number of nitrogens with zero attached hydrogens (tertiary/aromatic N) is 2. The summed E-state index contributed by atoms with van der Waals surface area (Å²) < 4.78 is 5.10. The molecule has 7 nitrogen and oxygen atoms in total. The van der Waals surface area contributed by atoms with Crippen molar-refractivity contribution < 1.29 is 24.5 Å². The van der Waals surface area contributed by atoms with Crippen molar-refractivity contribution >= 4 is 28.3 Å². The number of carbonyl (C=O) groups excluding carboxylic acids is 2. The van der Waals surface area contributed by atoms with Gasteiger partial charge in [0.2, 0.25) is 0 Å². The summed E-state index contributed by atoms with van der Waals surface area (Å²) in [6, 6.07) is 16.8. The number of aryl methyl sites for hydroxylation is 1. The van der Waals surface area contributed by atoms with Gasteiger partial charge in [-0.05, 0) is 25.1 Å². The molecule has 3 aromatic rings. The molecule has 0 saturated heterocycles. The highest BCUT2D eigenvalue weighted by atomic mass is 16.5. The molecule has 0 radical (unpaired) electrons. The van der Waals surface area contributed by atoms with Gasteiger partial charge in [-0.2, -0.15) is 5.26 Å². The van der Waals surface area contributed by atoms with Crippen LogP contribution in [-0.2, 0) is 9.53 Å². The maximum atomic E-state index is 12.7. The number of hydrogen-bond acceptors (Lipinski definition) is 6. The van der Waals surface area contributed by atoms with Crippen LogP contribution < -0.4 is 4.90 Å². The highest BCUT2D eigenvalue weighted by Gasteiger charge is 2.21. The molecule has 0 saturated carbocycles. The van der Waals surface area contributed by atoms with Gasteiger partial charge in [0.25, 0.3) is 5.91 Å². The summed E-state index contributed by atoms with van der Waals surface area (Å²) in [4.78, 5) is 26.5. The van der Waals surface area contributed by atoms with Crippen molar-refractivity contribution in [3.63, 3.8) is 0 Å². The number of ether oxygens (including phenoxy) is 1. The van der Waals surface area contributed by atoms with Crippen LogP contribution >= 0.6 is 0 Å². The lowest BCUT2D eigenvalue weighted by atomic mass is 10.0. The van der Waals surface area contributed by atoms with E-state index in [-0.39, 0.29) is 30.0 Å². The van der Waals surface area contributed by atoms with Gasteiger partial charge in [-0.25, -0.2) is 4.79 Å². The molecule has 2 N–H and O–H groups in total. The molecule has 0 aliphatic carbocycles. The van der Waals surface area contributed by atoms with Gasteiger partial charge in [-0.1, -0.05) is 42.0 Å². The average molecular weight is 404 g/mol. The molecule has 0 bridgehead atoms. The zero-order chi connectivity index (χ0) is 21.7. The van der Waals surface area contributed by atoms with E-state index in [9.17, 15) is 19.8 Å². The first kappa shape index (κ1) is 20.7. The molecule has 3 rings (SSSR count). The summed E-state index contributed by atoms with van der Waals surface area (Å²) >= 11 is 0. The number of phenolic OH excluding ortho intramolecular Hbond substituents is 2. The molecule has 0 fully saturated rings. The van der Waals surface area contributed by atoms with Crippen LogP contribution in [0.3, 0.4) is 0 Å². The lowest BCUT2D eigenvalue weighted by Gasteiger charge is -2.22. The number of phenols is 2. The Hall–Kier alpha value is -4.05. The van der Waals surface area contributed by atoms with Crippen molar-refractivity contribution in [2.45, 2.75) is 13.3 Å². The summed E-state index contributed by atoms with van der Waals surface area (Å²) in [6.45, 7) is 1.49. The lowest BCUT2D eigenvalue weighted by molar-refractivity contribution is -0.121. The van der Waals surface area contributed by atoms with Gasteiger partial charge in [0.15, 0.2) is 6.61 Å². The van der Waals surface area contributed by atoms with Gasteiger partial charge in [0.05, 0.1) is 12.5 Å². The Kier molecular flexibility index (Phi) is 6.18. The summed E-state index contributed by atoms with van der Waals surface area (Å²) in [5, 5.41) is 30.1. The molecule has 0 atom stereocenters. The van der Waals surface area contributed by atoms with Crippen molar-refractivity contribution in [2.24, 2.45) is 0 Å².